The van der Waals surface area contributed by atoms with Gasteiger partial charge in [-0.3, -0.25) is 9.59 Å². The molecule has 4 aromatic rings. The van der Waals surface area contributed by atoms with Crippen LogP contribution in [0.1, 0.15) is 39.7 Å². The van der Waals surface area contributed by atoms with Crippen LogP contribution in [-0.2, 0) is 4.79 Å². The highest BCUT2D eigenvalue weighted by Crippen LogP contribution is 2.33. The molecule has 0 aliphatic rings. The van der Waals surface area contributed by atoms with Crippen LogP contribution < -0.4 is 10.1 Å². The lowest BCUT2D eigenvalue weighted by Gasteiger charge is -2.16. The van der Waals surface area contributed by atoms with Crippen LogP contribution in [-0.4, -0.2) is 17.8 Å². The molecule has 0 fully saturated rings. The highest BCUT2D eigenvalue weighted by molar-refractivity contribution is 6.32. The van der Waals surface area contributed by atoms with Crippen LogP contribution in [0.25, 0.3) is 11.0 Å². The normalized spacial score (nSPS) is 11.9. The number of ketones is 1. The van der Waals surface area contributed by atoms with Gasteiger partial charge in [0, 0.05) is 16.0 Å². The number of aryl methyl sites for hydroxylation is 3. The number of halogens is 1. The largest absolute Gasteiger partial charge is 0.481 e. The van der Waals surface area contributed by atoms with E-state index in [-0.39, 0.29) is 11.5 Å². The lowest BCUT2D eigenvalue weighted by Crippen LogP contribution is -2.30. The van der Waals surface area contributed by atoms with Crippen LogP contribution in [0.4, 0.5) is 5.69 Å². The SMILES string of the molecule is Cc1ccc(C(=O)c2oc3ccccc3c2NC(=O)[C@H](C)Oc2cc(C)c(Cl)c(C)c2)cc1. The first-order chi connectivity index (χ1) is 15.7. The quantitative estimate of drug-likeness (QED) is 0.326. The number of fused-ring (bicyclic) bond motifs is 1. The Balaban J connectivity index is 1.63. The van der Waals surface area contributed by atoms with E-state index in [9.17, 15) is 9.59 Å². The number of anilines is 1. The van der Waals surface area contributed by atoms with Crippen molar-refractivity contribution in [2.45, 2.75) is 33.8 Å². The summed E-state index contributed by atoms with van der Waals surface area (Å²) in [6, 6.07) is 18.0. The molecule has 0 aliphatic carbocycles. The van der Waals surface area contributed by atoms with Crippen LogP contribution in [0.2, 0.25) is 5.02 Å². The summed E-state index contributed by atoms with van der Waals surface area (Å²) in [4.78, 5) is 26.2. The Kier molecular flexibility index (Phi) is 6.25. The Labute approximate surface area is 197 Å². The molecule has 33 heavy (non-hydrogen) atoms. The number of nitrogens with one attached hydrogen (secondary N) is 1. The molecular weight excluding hydrogens is 438 g/mol. The second-order valence-electron chi connectivity index (χ2n) is 8.12. The number of rotatable bonds is 6. The van der Waals surface area contributed by atoms with Gasteiger partial charge in [-0.15, -0.1) is 0 Å². The molecule has 1 heterocycles. The van der Waals surface area contributed by atoms with E-state index in [2.05, 4.69) is 5.32 Å². The molecule has 0 aliphatic heterocycles. The van der Waals surface area contributed by atoms with Gasteiger partial charge >= 0.3 is 0 Å². The number of furan rings is 1. The van der Waals surface area contributed by atoms with Gasteiger partial charge in [-0.05, 0) is 63.1 Å². The van der Waals surface area contributed by atoms with Crippen LogP contribution in [0.3, 0.4) is 0 Å². The zero-order valence-electron chi connectivity index (χ0n) is 18.9. The van der Waals surface area contributed by atoms with Crippen molar-refractivity contribution in [3.05, 3.63) is 93.7 Å². The Hall–Kier alpha value is -3.57. The second kappa shape index (κ2) is 9.12. The summed E-state index contributed by atoms with van der Waals surface area (Å²) in [5, 5.41) is 4.17. The Bertz CT molecular complexity index is 1330. The molecule has 1 amide bonds. The number of ether oxygens (including phenoxy) is 1. The van der Waals surface area contributed by atoms with Gasteiger partial charge in [0.1, 0.15) is 11.3 Å². The molecule has 1 atom stereocenters. The molecule has 4 rings (SSSR count). The third-order valence-electron chi connectivity index (χ3n) is 5.46. The van der Waals surface area contributed by atoms with E-state index in [1.54, 1.807) is 43.3 Å². The van der Waals surface area contributed by atoms with Gasteiger partial charge < -0.3 is 14.5 Å². The minimum absolute atomic E-state index is 0.0822. The van der Waals surface area contributed by atoms with Crippen LogP contribution in [0.15, 0.2) is 65.1 Å². The van der Waals surface area contributed by atoms with Gasteiger partial charge in [0.25, 0.3) is 5.91 Å². The molecule has 1 aromatic heterocycles. The summed E-state index contributed by atoms with van der Waals surface area (Å²) < 4.78 is 11.7. The van der Waals surface area contributed by atoms with Crippen molar-refractivity contribution in [2.75, 3.05) is 5.32 Å². The lowest BCUT2D eigenvalue weighted by molar-refractivity contribution is -0.122. The number of carbonyl (C=O) groups excluding carboxylic acids is 2. The van der Waals surface area contributed by atoms with E-state index in [0.717, 1.165) is 16.7 Å². The molecule has 1 N–H and O–H groups in total. The fraction of sp³-hybridized carbons (Fsp3) is 0.185. The summed E-state index contributed by atoms with van der Waals surface area (Å²) in [7, 11) is 0. The van der Waals surface area contributed by atoms with Crippen molar-refractivity contribution in [1.82, 2.24) is 0 Å². The average molecular weight is 462 g/mol. The Morgan fingerprint density at radius 1 is 0.970 bits per heavy atom. The maximum Gasteiger partial charge on any atom is 0.265 e. The van der Waals surface area contributed by atoms with E-state index in [0.29, 0.717) is 33.0 Å². The van der Waals surface area contributed by atoms with E-state index < -0.39 is 12.0 Å². The third-order valence-corrected chi connectivity index (χ3v) is 6.05. The average Bonchev–Trinajstić information content (AvgIpc) is 3.15. The van der Waals surface area contributed by atoms with Gasteiger partial charge in [0.15, 0.2) is 11.9 Å². The monoisotopic (exact) mass is 461 g/mol. The number of benzene rings is 3. The van der Waals surface area contributed by atoms with Crippen molar-refractivity contribution >= 4 is 39.9 Å². The Morgan fingerprint density at radius 3 is 2.27 bits per heavy atom. The summed E-state index contributed by atoms with van der Waals surface area (Å²) in [5.41, 5.74) is 4.10. The standard InChI is InChI=1S/C27H24ClNO4/c1-15-9-11-19(12-10-15)25(30)26-24(21-7-5-6-8-22(21)33-26)29-27(31)18(4)32-20-13-16(2)23(28)17(3)14-20/h5-14,18H,1-4H3,(H,29,31)/t18-/m0/s1. The molecule has 0 spiro atoms. The molecule has 0 radical (unpaired) electrons. The van der Waals surface area contributed by atoms with Crippen LogP contribution >= 0.6 is 11.6 Å². The molecule has 0 saturated heterocycles. The third kappa shape index (κ3) is 4.64. The molecule has 0 saturated carbocycles. The summed E-state index contributed by atoms with van der Waals surface area (Å²) in [5.74, 6) is -0.0763. The van der Waals surface area contributed by atoms with Crippen LogP contribution in [0.5, 0.6) is 5.75 Å². The number of carbonyl (C=O) groups is 2. The van der Waals surface area contributed by atoms with Crippen molar-refractivity contribution in [2.24, 2.45) is 0 Å². The van der Waals surface area contributed by atoms with Gasteiger partial charge in [0.05, 0.1) is 5.69 Å². The highest BCUT2D eigenvalue weighted by atomic mass is 35.5. The highest BCUT2D eigenvalue weighted by Gasteiger charge is 2.25. The topological polar surface area (TPSA) is 68.5 Å². The maximum atomic E-state index is 13.2. The fourth-order valence-electron chi connectivity index (χ4n) is 3.62. The zero-order chi connectivity index (χ0) is 23.7. The first kappa shape index (κ1) is 22.6. The van der Waals surface area contributed by atoms with E-state index in [1.807, 2.05) is 45.0 Å². The first-order valence-corrected chi connectivity index (χ1v) is 11.0. The predicted molar refractivity (Wildman–Crippen MR) is 130 cm³/mol. The number of hydrogen-bond donors (Lipinski definition) is 1. The molecule has 0 bridgehead atoms. The maximum absolute atomic E-state index is 13.2. The molecule has 168 valence electrons. The molecular formula is C27H24ClNO4. The first-order valence-electron chi connectivity index (χ1n) is 10.6. The Morgan fingerprint density at radius 2 is 1.61 bits per heavy atom. The second-order valence-corrected chi connectivity index (χ2v) is 8.50. The van der Waals surface area contributed by atoms with Gasteiger partial charge in [0.2, 0.25) is 5.78 Å². The van der Waals surface area contributed by atoms with E-state index in [4.69, 9.17) is 20.8 Å². The molecule has 3 aromatic carbocycles. The fourth-order valence-corrected chi connectivity index (χ4v) is 3.73. The number of amides is 1. The van der Waals surface area contributed by atoms with E-state index in [1.165, 1.54) is 0 Å². The predicted octanol–water partition coefficient (Wildman–Crippen LogP) is 6.65. The molecule has 0 unspecified atom stereocenters. The minimum atomic E-state index is -0.819. The minimum Gasteiger partial charge on any atom is -0.481 e. The summed E-state index contributed by atoms with van der Waals surface area (Å²) in [6.45, 7) is 7.37. The zero-order valence-corrected chi connectivity index (χ0v) is 19.6. The number of hydrogen-bond acceptors (Lipinski definition) is 4. The van der Waals surface area contributed by atoms with Crippen molar-refractivity contribution in [1.29, 1.82) is 0 Å². The van der Waals surface area contributed by atoms with Gasteiger partial charge in [-0.25, -0.2) is 0 Å². The van der Waals surface area contributed by atoms with Crippen LogP contribution in [0, 0.1) is 20.8 Å². The van der Waals surface area contributed by atoms with Gasteiger partial charge in [-0.1, -0.05) is 53.6 Å². The molecule has 5 nitrogen and oxygen atoms in total. The van der Waals surface area contributed by atoms with Crippen molar-refractivity contribution < 1.29 is 18.7 Å². The summed E-state index contributed by atoms with van der Waals surface area (Å²) in [6.07, 6.45) is -0.819. The van der Waals surface area contributed by atoms with E-state index >= 15 is 0 Å². The van der Waals surface area contributed by atoms with Crippen molar-refractivity contribution in [3.8, 4) is 5.75 Å². The van der Waals surface area contributed by atoms with Gasteiger partial charge in [-0.2, -0.15) is 0 Å². The smallest absolute Gasteiger partial charge is 0.265 e. The van der Waals surface area contributed by atoms with Crippen molar-refractivity contribution in [3.63, 3.8) is 0 Å². The lowest BCUT2D eigenvalue weighted by atomic mass is 10.1. The summed E-state index contributed by atoms with van der Waals surface area (Å²) >= 11 is 6.23. The molecule has 6 heteroatoms. The number of para-hydroxylation sites is 1.